The second-order valence-electron chi connectivity index (χ2n) is 9.14. The van der Waals surface area contributed by atoms with Gasteiger partial charge in [-0.1, -0.05) is 0 Å². The summed E-state index contributed by atoms with van der Waals surface area (Å²) in [5, 5.41) is 18.4. The molecule has 0 spiro atoms. The summed E-state index contributed by atoms with van der Waals surface area (Å²) < 4.78 is 17.5. The van der Waals surface area contributed by atoms with Gasteiger partial charge in [-0.05, 0) is 24.3 Å². The molecule has 0 radical (unpaired) electrons. The van der Waals surface area contributed by atoms with E-state index in [2.05, 4.69) is 37.1 Å². The third kappa shape index (κ3) is 4.41. The van der Waals surface area contributed by atoms with Crippen LogP contribution in [0.3, 0.4) is 0 Å². The van der Waals surface area contributed by atoms with Crippen LogP contribution in [0.4, 0.5) is 10.2 Å². The highest BCUT2D eigenvalue weighted by atomic mass is 19.1. The molecule has 1 aliphatic heterocycles. The Morgan fingerprint density at radius 3 is 2.51 bits per heavy atom. The van der Waals surface area contributed by atoms with E-state index in [4.69, 9.17) is 4.98 Å². The van der Waals surface area contributed by atoms with Crippen molar-refractivity contribution in [3.05, 3.63) is 84.6 Å². The molecule has 6 heterocycles. The number of halogens is 1. The predicted molar refractivity (Wildman–Crippen MR) is 137 cm³/mol. The minimum atomic E-state index is -0.262. The van der Waals surface area contributed by atoms with E-state index in [9.17, 15) is 9.65 Å². The van der Waals surface area contributed by atoms with Crippen molar-refractivity contribution in [2.75, 3.05) is 31.1 Å². The zero-order chi connectivity index (χ0) is 25.4. The first-order valence-electron chi connectivity index (χ1n) is 12.0. The largest absolute Gasteiger partial charge is 0.354 e. The Morgan fingerprint density at radius 1 is 0.946 bits per heavy atom. The van der Waals surface area contributed by atoms with Crippen molar-refractivity contribution in [1.82, 2.24) is 34.3 Å². The van der Waals surface area contributed by atoms with Gasteiger partial charge in [0, 0.05) is 92.4 Å². The van der Waals surface area contributed by atoms with Crippen LogP contribution in [-0.2, 0) is 13.6 Å². The number of nitrogens with zero attached hydrogens (tertiary/aromatic N) is 9. The maximum atomic E-state index is 14.0. The summed E-state index contributed by atoms with van der Waals surface area (Å²) >= 11 is 0. The standard InChI is InChI=1S/C27H24FN9/c1-34-16-23(14-32-34)21-10-24(27-22(11-29)13-33-37(27)18-21)19-2-3-26(31-12-19)36-8-6-35(7-9-36)17-20-4-5-30-15-25(20)28/h2-5,10,12-16,18H,6-9,17H2,1H3. The van der Waals surface area contributed by atoms with Gasteiger partial charge < -0.3 is 4.90 Å². The Bertz CT molecular complexity index is 1610. The molecular weight excluding hydrogens is 469 g/mol. The molecule has 1 aliphatic rings. The van der Waals surface area contributed by atoms with Crippen LogP contribution < -0.4 is 4.90 Å². The minimum absolute atomic E-state index is 0.262. The van der Waals surface area contributed by atoms with Gasteiger partial charge in [0.05, 0.1) is 29.7 Å². The van der Waals surface area contributed by atoms with Gasteiger partial charge in [-0.25, -0.2) is 13.9 Å². The first-order chi connectivity index (χ1) is 18.1. The monoisotopic (exact) mass is 493 g/mol. The second kappa shape index (κ2) is 9.44. The van der Waals surface area contributed by atoms with Crippen LogP contribution in [0.5, 0.6) is 0 Å². The number of aryl methyl sites for hydroxylation is 1. The smallest absolute Gasteiger partial charge is 0.145 e. The average Bonchev–Trinajstić information content (AvgIpc) is 3.56. The van der Waals surface area contributed by atoms with E-state index < -0.39 is 0 Å². The molecule has 5 aromatic rings. The van der Waals surface area contributed by atoms with Crippen molar-refractivity contribution in [3.8, 4) is 28.3 Å². The number of anilines is 1. The Balaban J connectivity index is 1.24. The number of hydrogen-bond acceptors (Lipinski definition) is 7. The van der Waals surface area contributed by atoms with Gasteiger partial charge in [-0.3, -0.25) is 14.6 Å². The van der Waals surface area contributed by atoms with Crippen LogP contribution >= 0.6 is 0 Å². The highest BCUT2D eigenvalue weighted by molar-refractivity contribution is 5.87. The molecule has 0 saturated carbocycles. The third-order valence-corrected chi connectivity index (χ3v) is 6.78. The fourth-order valence-electron chi connectivity index (χ4n) is 4.79. The van der Waals surface area contributed by atoms with Crippen molar-refractivity contribution in [2.45, 2.75) is 6.54 Å². The second-order valence-corrected chi connectivity index (χ2v) is 9.14. The molecule has 1 fully saturated rings. The molecule has 6 rings (SSSR count). The number of piperazine rings is 1. The molecule has 0 aliphatic carbocycles. The number of rotatable bonds is 5. The fraction of sp³-hybridized carbons (Fsp3) is 0.222. The Hall–Kier alpha value is -4.62. The normalized spacial score (nSPS) is 14.2. The van der Waals surface area contributed by atoms with Crippen LogP contribution in [0.15, 0.2) is 67.6 Å². The van der Waals surface area contributed by atoms with E-state index in [0.717, 1.165) is 59.8 Å². The van der Waals surface area contributed by atoms with E-state index in [1.807, 2.05) is 44.0 Å². The minimum Gasteiger partial charge on any atom is -0.354 e. The van der Waals surface area contributed by atoms with Crippen molar-refractivity contribution < 1.29 is 4.39 Å². The lowest BCUT2D eigenvalue weighted by Crippen LogP contribution is -2.46. The molecule has 0 N–H and O–H groups in total. The van der Waals surface area contributed by atoms with Crippen LogP contribution in [0.2, 0.25) is 0 Å². The molecule has 0 atom stereocenters. The number of aromatic nitrogens is 6. The van der Waals surface area contributed by atoms with Gasteiger partial charge in [-0.2, -0.15) is 15.5 Å². The molecule has 5 aromatic heterocycles. The highest BCUT2D eigenvalue weighted by Crippen LogP contribution is 2.32. The molecule has 37 heavy (non-hydrogen) atoms. The van der Waals surface area contributed by atoms with Crippen LogP contribution in [-0.4, -0.2) is 60.4 Å². The lowest BCUT2D eigenvalue weighted by atomic mass is 10.0. The summed E-state index contributed by atoms with van der Waals surface area (Å²) in [5.74, 6) is 0.633. The van der Waals surface area contributed by atoms with E-state index in [1.165, 1.54) is 6.20 Å². The fourth-order valence-corrected chi connectivity index (χ4v) is 4.79. The third-order valence-electron chi connectivity index (χ3n) is 6.78. The summed E-state index contributed by atoms with van der Waals surface area (Å²) in [6.45, 7) is 3.83. The number of pyridine rings is 3. The lowest BCUT2D eigenvalue weighted by molar-refractivity contribution is 0.246. The van der Waals surface area contributed by atoms with Gasteiger partial charge >= 0.3 is 0 Å². The van der Waals surface area contributed by atoms with Gasteiger partial charge in [-0.15, -0.1) is 0 Å². The summed E-state index contributed by atoms with van der Waals surface area (Å²) in [4.78, 5) is 13.1. The molecule has 0 amide bonds. The van der Waals surface area contributed by atoms with Crippen LogP contribution in [0.1, 0.15) is 11.1 Å². The Kier molecular flexibility index (Phi) is 5.82. The van der Waals surface area contributed by atoms with Gasteiger partial charge in [0.25, 0.3) is 0 Å². The molecular formula is C27H24FN9. The van der Waals surface area contributed by atoms with Crippen molar-refractivity contribution >= 4 is 11.3 Å². The van der Waals surface area contributed by atoms with Crippen molar-refractivity contribution in [1.29, 1.82) is 5.26 Å². The molecule has 9 nitrogen and oxygen atoms in total. The zero-order valence-corrected chi connectivity index (χ0v) is 20.3. The lowest BCUT2D eigenvalue weighted by Gasteiger charge is -2.35. The topological polar surface area (TPSA) is 91.2 Å². The van der Waals surface area contributed by atoms with E-state index in [-0.39, 0.29) is 5.82 Å². The molecule has 1 saturated heterocycles. The molecule has 10 heteroatoms. The molecule has 0 bridgehead atoms. The van der Waals surface area contributed by atoms with Crippen molar-refractivity contribution in [2.24, 2.45) is 7.05 Å². The Labute approximate surface area is 213 Å². The van der Waals surface area contributed by atoms with Crippen molar-refractivity contribution in [3.63, 3.8) is 0 Å². The summed E-state index contributed by atoms with van der Waals surface area (Å²) in [7, 11) is 1.88. The molecule has 184 valence electrons. The van der Waals surface area contributed by atoms with Crippen LogP contribution in [0.25, 0.3) is 27.8 Å². The highest BCUT2D eigenvalue weighted by Gasteiger charge is 2.20. The Morgan fingerprint density at radius 2 is 1.81 bits per heavy atom. The van der Waals surface area contributed by atoms with Gasteiger partial charge in [0.2, 0.25) is 0 Å². The van der Waals surface area contributed by atoms with Gasteiger partial charge in [0.1, 0.15) is 17.7 Å². The SMILES string of the molecule is Cn1cc(-c2cc(-c3ccc(N4CCN(Cc5ccncc5F)CC4)nc3)c3c(C#N)cnn3c2)cn1. The number of hydrogen-bond donors (Lipinski definition) is 0. The summed E-state index contributed by atoms with van der Waals surface area (Å²) in [6, 6.07) is 10.1. The predicted octanol–water partition coefficient (Wildman–Crippen LogP) is 3.52. The maximum absolute atomic E-state index is 14.0. The first-order valence-corrected chi connectivity index (χ1v) is 12.0. The van der Waals surface area contributed by atoms with Gasteiger partial charge in [0.15, 0.2) is 0 Å². The molecule has 0 unspecified atom stereocenters. The zero-order valence-electron chi connectivity index (χ0n) is 20.3. The first kappa shape index (κ1) is 22.8. The van der Waals surface area contributed by atoms with E-state index in [0.29, 0.717) is 17.7 Å². The van der Waals surface area contributed by atoms with E-state index >= 15 is 0 Å². The average molecular weight is 494 g/mol. The summed E-state index contributed by atoms with van der Waals surface area (Å²) in [5.41, 5.74) is 5.65. The quantitative estimate of drug-likeness (QED) is 0.370. The van der Waals surface area contributed by atoms with Crippen LogP contribution in [0, 0.1) is 17.1 Å². The molecule has 0 aromatic carbocycles. The maximum Gasteiger partial charge on any atom is 0.145 e. The summed E-state index contributed by atoms with van der Waals surface area (Å²) in [6.07, 6.45) is 12.0. The van der Waals surface area contributed by atoms with E-state index in [1.54, 1.807) is 27.7 Å². The number of fused-ring (bicyclic) bond motifs is 1. The number of nitriles is 1.